The average Bonchev–Trinajstić information content (AvgIpc) is 2.31. The van der Waals surface area contributed by atoms with E-state index < -0.39 is 0 Å². The van der Waals surface area contributed by atoms with Crippen LogP contribution in [0.4, 0.5) is 0 Å². The zero-order chi connectivity index (χ0) is 11.4. The molecule has 0 amide bonds. The third-order valence-corrected chi connectivity index (χ3v) is 2.73. The van der Waals surface area contributed by atoms with Crippen LogP contribution in [0.2, 0.25) is 5.02 Å². The summed E-state index contributed by atoms with van der Waals surface area (Å²) in [5, 5.41) is 0.774. The third kappa shape index (κ3) is 2.74. The fourth-order valence-corrected chi connectivity index (χ4v) is 1.72. The van der Waals surface area contributed by atoms with Crippen LogP contribution in [0, 0.1) is 0 Å². The minimum absolute atomic E-state index is 0.774. The van der Waals surface area contributed by atoms with Crippen molar-refractivity contribution in [2.24, 2.45) is 0 Å². The summed E-state index contributed by atoms with van der Waals surface area (Å²) in [7, 11) is 0. The summed E-state index contributed by atoms with van der Waals surface area (Å²) in [5.74, 6) is 0. The second-order valence-corrected chi connectivity index (χ2v) is 4.18. The van der Waals surface area contributed by atoms with Crippen molar-refractivity contribution < 1.29 is 0 Å². The van der Waals surface area contributed by atoms with Crippen LogP contribution < -0.4 is 0 Å². The molecule has 2 aromatic carbocycles. The summed E-state index contributed by atoms with van der Waals surface area (Å²) in [5.41, 5.74) is 3.66. The number of hydrogen-bond donors (Lipinski definition) is 0. The standard InChI is InChI=1S/C15H13Cl/c1-12(11-13-5-3-2-4-6-13)14-7-9-15(16)10-8-14/h2-11H,1H3. The van der Waals surface area contributed by atoms with Gasteiger partial charge in [-0.1, -0.05) is 60.1 Å². The lowest BCUT2D eigenvalue weighted by molar-refractivity contribution is 1.57. The topological polar surface area (TPSA) is 0 Å². The summed E-state index contributed by atoms with van der Waals surface area (Å²) in [6.07, 6.45) is 2.17. The van der Waals surface area contributed by atoms with Gasteiger partial charge in [0.1, 0.15) is 0 Å². The Balaban J connectivity index is 2.28. The lowest BCUT2D eigenvalue weighted by atomic mass is 10.0. The van der Waals surface area contributed by atoms with Gasteiger partial charge in [0.2, 0.25) is 0 Å². The number of hydrogen-bond acceptors (Lipinski definition) is 0. The van der Waals surface area contributed by atoms with Crippen molar-refractivity contribution in [1.82, 2.24) is 0 Å². The Labute approximate surface area is 101 Å². The first-order valence-electron chi connectivity index (χ1n) is 5.25. The summed E-state index contributed by atoms with van der Waals surface area (Å²) < 4.78 is 0. The maximum absolute atomic E-state index is 5.86. The zero-order valence-corrected chi connectivity index (χ0v) is 9.91. The SMILES string of the molecule is CC(=Cc1ccccc1)c1ccc(Cl)cc1. The van der Waals surface area contributed by atoms with Gasteiger partial charge in [0.15, 0.2) is 0 Å². The van der Waals surface area contributed by atoms with E-state index >= 15 is 0 Å². The molecular formula is C15H13Cl. The van der Waals surface area contributed by atoms with Crippen LogP contribution in [-0.2, 0) is 0 Å². The molecule has 0 aliphatic heterocycles. The van der Waals surface area contributed by atoms with Gasteiger partial charge in [-0.15, -0.1) is 0 Å². The highest BCUT2D eigenvalue weighted by Crippen LogP contribution is 2.19. The van der Waals surface area contributed by atoms with Crippen molar-refractivity contribution in [1.29, 1.82) is 0 Å². The van der Waals surface area contributed by atoms with Crippen LogP contribution in [-0.4, -0.2) is 0 Å². The molecule has 0 heterocycles. The lowest BCUT2D eigenvalue weighted by Crippen LogP contribution is -1.79. The van der Waals surface area contributed by atoms with E-state index in [4.69, 9.17) is 11.6 Å². The fourth-order valence-electron chi connectivity index (χ4n) is 1.60. The Morgan fingerprint density at radius 3 is 2.19 bits per heavy atom. The van der Waals surface area contributed by atoms with Crippen LogP contribution in [0.1, 0.15) is 18.1 Å². The Hall–Kier alpha value is -1.53. The summed E-state index contributed by atoms with van der Waals surface area (Å²) >= 11 is 5.86. The van der Waals surface area contributed by atoms with Gasteiger partial charge in [0.05, 0.1) is 0 Å². The summed E-state index contributed by atoms with van der Waals surface area (Å²) in [4.78, 5) is 0. The van der Waals surface area contributed by atoms with E-state index in [0.717, 1.165) is 5.02 Å². The van der Waals surface area contributed by atoms with Crippen molar-refractivity contribution in [2.75, 3.05) is 0 Å². The van der Waals surface area contributed by atoms with Crippen LogP contribution in [0.3, 0.4) is 0 Å². The van der Waals surface area contributed by atoms with Crippen molar-refractivity contribution in [3.63, 3.8) is 0 Å². The van der Waals surface area contributed by atoms with Crippen LogP contribution >= 0.6 is 11.6 Å². The van der Waals surface area contributed by atoms with Gasteiger partial charge in [-0.3, -0.25) is 0 Å². The largest absolute Gasteiger partial charge is 0.0843 e. The van der Waals surface area contributed by atoms with Gasteiger partial charge in [0, 0.05) is 5.02 Å². The van der Waals surface area contributed by atoms with Gasteiger partial charge in [-0.2, -0.15) is 0 Å². The number of rotatable bonds is 2. The molecule has 1 heteroatoms. The highest BCUT2D eigenvalue weighted by Gasteiger charge is 1.95. The fraction of sp³-hybridized carbons (Fsp3) is 0.0667. The molecule has 2 rings (SSSR count). The molecule has 0 fully saturated rings. The highest BCUT2D eigenvalue weighted by atomic mass is 35.5. The van der Waals surface area contributed by atoms with Gasteiger partial charge in [0.25, 0.3) is 0 Å². The van der Waals surface area contributed by atoms with Gasteiger partial charge >= 0.3 is 0 Å². The summed E-state index contributed by atoms with van der Waals surface area (Å²) in [6, 6.07) is 18.2. The van der Waals surface area contributed by atoms with Crippen LogP contribution in [0.15, 0.2) is 54.6 Å². The highest BCUT2D eigenvalue weighted by molar-refractivity contribution is 6.30. The molecule has 0 nitrogen and oxygen atoms in total. The molecule has 0 radical (unpaired) electrons. The maximum atomic E-state index is 5.86. The molecular weight excluding hydrogens is 216 g/mol. The summed E-state index contributed by atoms with van der Waals surface area (Å²) in [6.45, 7) is 2.11. The minimum atomic E-state index is 0.774. The van der Waals surface area contributed by atoms with E-state index in [0.29, 0.717) is 0 Å². The first kappa shape index (κ1) is 11.0. The van der Waals surface area contributed by atoms with Crippen LogP contribution in [0.5, 0.6) is 0 Å². The molecule has 0 saturated carbocycles. The van der Waals surface area contributed by atoms with E-state index in [1.165, 1.54) is 16.7 Å². The maximum Gasteiger partial charge on any atom is 0.0406 e. The van der Waals surface area contributed by atoms with Crippen molar-refractivity contribution in [2.45, 2.75) is 6.92 Å². The van der Waals surface area contributed by atoms with Gasteiger partial charge < -0.3 is 0 Å². The Morgan fingerprint density at radius 1 is 0.938 bits per heavy atom. The predicted octanol–water partition coefficient (Wildman–Crippen LogP) is 4.90. The number of allylic oxidation sites excluding steroid dienone is 1. The lowest BCUT2D eigenvalue weighted by Gasteiger charge is -2.02. The molecule has 0 atom stereocenters. The quantitative estimate of drug-likeness (QED) is 0.642. The molecule has 0 unspecified atom stereocenters. The molecule has 0 aromatic heterocycles. The predicted molar refractivity (Wildman–Crippen MR) is 71.4 cm³/mol. The van der Waals surface area contributed by atoms with E-state index in [1.54, 1.807) is 0 Å². The molecule has 80 valence electrons. The molecule has 0 aliphatic rings. The monoisotopic (exact) mass is 228 g/mol. The second-order valence-electron chi connectivity index (χ2n) is 3.74. The molecule has 2 aromatic rings. The zero-order valence-electron chi connectivity index (χ0n) is 9.15. The molecule has 0 bridgehead atoms. The first-order chi connectivity index (χ1) is 7.75. The van der Waals surface area contributed by atoms with E-state index in [1.807, 2.05) is 42.5 Å². The van der Waals surface area contributed by atoms with E-state index in [2.05, 4.69) is 25.1 Å². The molecule has 0 aliphatic carbocycles. The molecule has 0 N–H and O–H groups in total. The second kappa shape index (κ2) is 5.00. The smallest absolute Gasteiger partial charge is 0.0406 e. The third-order valence-electron chi connectivity index (χ3n) is 2.48. The Kier molecular flexibility index (Phi) is 3.43. The van der Waals surface area contributed by atoms with E-state index in [-0.39, 0.29) is 0 Å². The van der Waals surface area contributed by atoms with Gasteiger partial charge in [-0.05, 0) is 35.8 Å². The number of halogens is 1. The Bertz CT molecular complexity index is 481. The van der Waals surface area contributed by atoms with Crippen LogP contribution in [0.25, 0.3) is 11.6 Å². The normalized spacial score (nSPS) is 11.5. The first-order valence-corrected chi connectivity index (χ1v) is 5.63. The molecule has 0 spiro atoms. The van der Waals surface area contributed by atoms with Crippen molar-refractivity contribution in [3.8, 4) is 0 Å². The average molecular weight is 229 g/mol. The Morgan fingerprint density at radius 2 is 1.56 bits per heavy atom. The van der Waals surface area contributed by atoms with Crippen molar-refractivity contribution in [3.05, 3.63) is 70.7 Å². The number of benzene rings is 2. The molecule has 16 heavy (non-hydrogen) atoms. The van der Waals surface area contributed by atoms with Gasteiger partial charge in [-0.25, -0.2) is 0 Å². The van der Waals surface area contributed by atoms with E-state index in [9.17, 15) is 0 Å². The minimum Gasteiger partial charge on any atom is -0.0843 e. The van der Waals surface area contributed by atoms with Crippen molar-refractivity contribution >= 4 is 23.3 Å². The molecule has 0 saturated heterocycles.